The van der Waals surface area contributed by atoms with Gasteiger partial charge >= 0.3 is 0 Å². The highest BCUT2D eigenvalue weighted by molar-refractivity contribution is 14.1. The first-order chi connectivity index (χ1) is 15.0. The first kappa shape index (κ1) is 23.0. The Hall–Kier alpha value is -2.67. The lowest BCUT2D eigenvalue weighted by Crippen LogP contribution is -2.26. The van der Waals surface area contributed by atoms with Crippen LogP contribution in [0.25, 0.3) is 0 Å². The summed E-state index contributed by atoms with van der Waals surface area (Å²) in [5.41, 5.74) is 2.31. The molecule has 2 heterocycles. The van der Waals surface area contributed by atoms with Gasteiger partial charge in [-0.3, -0.25) is 9.00 Å². The van der Waals surface area contributed by atoms with Crippen molar-refractivity contribution in [2.75, 3.05) is 18.7 Å². The normalized spacial score (nSPS) is 11.6. The van der Waals surface area contributed by atoms with Gasteiger partial charge in [-0.15, -0.1) is 0 Å². The summed E-state index contributed by atoms with van der Waals surface area (Å²) in [6.07, 6.45) is 6.07. The average molecular weight is 552 g/mol. The smallest absolute Gasteiger partial charge is 0.256 e. The van der Waals surface area contributed by atoms with Crippen molar-refractivity contribution in [3.8, 4) is 5.75 Å². The lowest BCUT2D eigenvalue weighted by Gasteiger charge is -2.13. The Morgan fingerprint density at radius 2 is 1.97 bits per heavy atom. The number of carbonyl (C=O) groups is 1. The molecular weight excluding hydrogens is 531 g/mol. The fourth-order valence-electron chi connectivity index (χ4n) is 2.71. The maximum atomic E-state index is 12.7. The molecule has 1 aromatic carbocycles. The van der Waals surface area contributed by atoms with Gasteiger partial charge in [0, 0.05) is 41.4 Å². The van der Waals surface area contributed by atoms with Crippen LogP contribution in [0, 0.1) is 0 Å². The van der Waals surface area contributed by atoms with Gasteiger partial charge in [0.05, 0.1) is 24.5 Å². The Labute approximate surface area is 196 Å². The number of rotatable bonds is 9. The number of carbonyl (C=O) groups excluding carboxylic acids is 1. The number of aromatic nitrogens is 4. The van der Waals surface area contributed by atoms with Gasteiger partial charge in [-0.05, 0) is 23.8 Å². The molecule has 1 amide bonds. The van der Waals surface area contributed by atoms with Crippen molar-refractivity contribution in [3.63, 3.8) is 0 Å². The Morgan fingerprint density at radius 1 is 1.19 bits per heavy atom. The summed E-state index contributed by atoms with van der Waals surface area (Å²) in [4.78, 5) is 29.3. The van der Waals surface area contributed by atoms with Gasteiger partial charge in [-0.1, -0.05) is 28.7 Å². The molecule has 162 valence electrons. The van der Waals surface area contributed by atoms with Gasteiger partial charge in [0.1, 0.15) is 23.0 Å². The fraction of sp³-hybridized carbons (Fsp3) is 0.250. The van der Waals surface area contributed by atoms with E-state index in [2.05, 4.69) is 53.2 Å². The van der Waals surface area contributed by atoms with Crippen LogP contribution >= 0.6 is 22.6 Å². The SMILES string of the molecule is COc1ccc(CNc2nc(S(C)=O)ncc2C(=O)NCc2ncccn2)cc1CI. The Bertz CT molecular complexity index is 1080. The summed E-state index contributed by atoms with van der Waals surface area (Å²) in [6, 6.07) is 7.58. The summed E-state index contributed by atoms with van der Waals surface area (Å²) < 4.78 is 18.0. The standard InChI is InChI=1S/C20H21IN6O3S/c1-30-16-5-4-13(8-14(16)9-21)10-24-18-15(11-26-20(27-18)31(2)29)19(28)25-12-17-22-6-3-7-23-17/h3-8,11H,9-10,12H2,1-2H3,(H,25,28)(H,24,26,27). The molecule has 0 bridgehead atoms. The molecule has 0 aliphatic heterocycles. The van der Waals surface area contributed by atoms with E-state index in [4.69, 9.17) is 4.74 Å². The molecular formula is C20H21IN6O3S. The van der Waals surface area contributed by atoms with Crippen LogP contribution in [0.15, 0.2) is 48.0 Å². The number of benzene rings is 1. The van der Waals surface area contributed by atoms with Gasteiger partial charge in [0.25, 0.3) is 5.91 Å². The first-order valence-electron chi connectivity index (χ1n) is 9.22. The quantitative estimate of drug-likeness (QED) is 0.236. The zero-order valence-corrected chi connectivity index (χ0v) is 19.9. The van der Waals surface area contributed by atoms with Crippen LogP contribution in [-0.4, -0.2) is 43.4 Å². The number of halogens is 1. The van der Waals surface area contributed by atoms with Crippen LogP contribution in [0.4, 0.5) is 5.82 Å². The average Bonchev–Trinajstić information content (AvgIpc) is 2.81. The zero-order chi connectivity index (χ0) is 22.2. The highest BCUT2D eigenvalue weighted by Gasteiger charge is 2.16. The molecule has 1 unspecified atom stereocenters. The van der Waals surface area contributed by atoms with Crippen molar-refractivity contribution >= 4 is 45.1 Å². The van der Waals surface area contributed by atoms with E-state index in [0.29, 0.717) is 18.2 Å². The maximum absolute atomic E-state index is 12.7. The van der Waals surface area contributed by atoms with Crippen LogP contribution in [0.5, 0.6) is 5.75 Å². The highest BCUT2D eigenvalue weighted by Crippen LogP contribution is 2.23. The van der Waals surface area contributed by atoms with Crippen molar-refractivity contribution in [3.05, 3.63) is 65.4 Å². The van der Waals surface area contributed by atoms with Crippen LogP contribution in [0.3, 0.4) is 0 Å². The number of hydrogen-bond donors (Lipinski definition) is 2. The van der Waals surface area contributed by atoms with Gasteiger partial charge in [-0.25, -0.2) is 19.9 Å². The largest absolute Gasteiger partial charge is 0.496 e. The number of amides is 1. The molecule has 2 aromatic heterocycles. The minimum atomic E-state index is -1.38. The van der Waals surface area contributed by atoms with E-state index < -0.39 is 10.8 Å². The lowest BCUT2D eigenvalue weighted by molar-refractivity contribution is 0.0949. The summed E-state index contributed by atoms with van der Waals surface area (Å²) in [5, 5.41) is 6.08. The molecule has 0 aliphatic rings. The molecule has 0 radical (unpaired) electrons. The van der Waals surface area contributed by atoms with Gasteiger partial charge in [0.15, 0.2) is 0 Å². The van der Waals surface area contributed by atoms with Crippen LogP contribution < -0.4 is 15.4 Å². The molecule has 0 saturated heterocycles. The molecule has 11 heteroatoms. The van der Waals surface area contributed by atoms with E-state index in [1.165, 1.54) is 12.5 Å². The van der Waals surface area contributed by atoms with Crippen LogP contribution in [0.1, 0.15) is 27.3 Å². The Kier molecular flexibility index (Phi) is 8.23. The van der Waals surface area contributed by atoms with E-state index in [0.717, 1.165) is 21.3 Å². The van der Waals surface area contributed by atoms with Crippen LogP contribution in [0.2, 0.25) is 0 Å². The van der Waals surface area contributed by atoms with E-state index in [-0.39, 0.29) is 23.2 Å². The number of alkyl halides is 1. The Morgan fingerprint density at radius 3 is 2.65 bits per heavy atom. The second kappa shape index (κ2) is 11.1. The molecule has 1 atom stereocenters. The third-order valence-corrected chi connectivity index (χ3v) is 5.78. The van der Waals surface area contributed by atoms with Crippen LogP contribution in [-0.2, 0) is 28.3 Å². The van der Waals surface area contributed by atoms with Crippen molar-refractivity contribution in [1.82, 2.24) is 25.3 Å². The number of nitrogens with zero attached hydrogens (tertiary/aromatic N) is 4. The first-order valence-corrected chi connectivity index (χ1v) is 12.3. The minimum Gasteiger partial charge on any atom is -0.496 e. The molecule has 0 fully saturated rings. The topological polar surface area (TPSA) is 119 Å². The molecule has 9 nitrogen and oxygen atoms in total. The predicted molar refractivity (Wildman–Crippen MR) is 126 cm³/mol. The summed E-state index contributed by atoms with van der Waals surface area (Å²) >= 11 is 2.28. The highest BCUT2D eigenvalue weighted by atomic mass is 127. The molecule has 0 spiro atoms. The number of hydrogen-bond acceptors (Lipinski definition) is 8. The Balaban J connectivity index is 1.79. The fourth-order valence-corrected chi connectivity index (χ4v) is 3.73. The van der Waals surface area contributed by atoms with Gasteiger partial charge < -0.3 is 15.4 Å². The van der Waals surface area contributed by atoms with Crippen molar-refractivity contribution in [2.24, 2.45) is 0 Å². The summed E-state index contributed by atoms with van der Waals surface area (Å²) in [6.45, 7) is 0.584. The number of methoxy groups -OCH3 is 1. The molecule has 2 N–H and O–H groups in total. The molecule has 0 aliphatic carbocycles. The zero-order valence-electron chi connectivity index (χ0n) is 17.0. The van der Waals surface area contributed by atoms with Gasteiger partial charge in [0.2, 0.25) is 5.16 Å². The van der Waals surface area contributed by atoms with E-state index in [1.807, 2.05) is 18.2 Å². The van der Waals surface area contributed by atoms with Gasteiger partial charge in [-0.2, -0.15) is 0 Å². The van der Waals surface area contributed by atoms with E-state index in [9.17, 15) is 9.00 Å². The van der Waals surface area contributed by atoms with E-state index >= 15 is 0 Å². The van der Waals surface area contributed by atoms with Crippen molar-refractivity contribution in [1.29, 1.82) is 0 Å². The monoisotopic (exact) mass is 552 g/mol. The number of nitrogens with one attached hydrogen (secondary N) is 2. The molecule has 0 saturated carbocycles. The van der Waals surface area contributed by atoms with E-state index in [1.54, 1.807) is 25.6 Å². The second-order valence-corrected chi connectivity index (χ2v) is 8.39. The summed E-state index contributed by atoms with van der Waals surface area (Å²) in [7, 11) is 0.257. The number of ether oxygens (including phenoxy) is 1. The lowest BCUT2D eigenvalue weighted by atomic mass is 10.1. The maximum Gasteiger partial charge on any atom is 0.256 e. The third kappa shape index (κ3) is 6.17. The van der Waals surface area contributed by atoms with Crippen molar-refractivity contribution in [2.45, 2.75) is 22.7 Å². The molecule has 3 aromatic rings. The second-order valence-electron chi connectivity index (χ2n) is 6.35. The molecule has 31 heavy (non-hydrogen) atoms. The summed E-state index contributed by atoms with van der Waals surface area (Å²) in [5.74, 6) is 1.23. The predicted octanol–water partition coefficient (Wildman–Crippen LogP) is 2.49. The number of anilines is 1. The van der Waals surface area contributed by atoms with Crippen molar-refractivity contribution < 1.29 is 13.7 Å². The third-order valence-electron chi connectivity index (χ3n) is 4.24. The molecule has 3 rings (SSSR count). The minimum absolute atomic E-state index is 0.146.